The quantitative estimate of drug-likeness (QED) is 0.688. The minimum absolute atomic E-state index is 0.660. The van der Waals surface area contributed by atoms with Crippen molar-refractivity contribution in [2.75, 3.05) is 13.1 Å². The average molecular weight is 233 g/mol. The van der Waals surface area contributed by atoms with E-state index in [2.05, 4.69) is 62.9 Å². The molecule has 0 saturated carbocycles. The molecule has 0 aliphatic heterocycles. The van der Waals surface area contributed by atoms with Crippen LogP contribution >= 0.6 is 0 Å². The summed E-state index contributed by atoms with van der Waals surface area (Å²) >= 11 is 0. The van der Waals surface area contributed by atoms with Gasteiger partial charge in [-0.2, -0.15) is 0 Å². The lowest BCUT2D eigenvalue weighted by atomic mass is 10.1. The predicted molar refractivity (Wildman–Crippen MR) is 76.3 cm³/mol. The molecule has 0 bridgehead atoms. The van der Waals surface area contributed by atoms with Gasteiger partial charge in [-0.25, -0.2) is 0 Å². The number of benzene rings is 1. The molecule has 0 spiro atoms. The van der Waals surface area contributed by atoms with Crippen molar-refractivity contribution in [3.05, 3.63) is 35.9 Å². The van der Waals surface area contributed by atoms with Crippen LogP contribution in [0, 0.1) is 5.92 Å². The fraction of sp³-hybridized carbons (Fsp3) is 0.625. The third-order valence-corrected chi connectivity index (χ3v) is 3.08. The monoisotopic (exact) mass is 233 g/mol. The zero-order chi connectivity index (χ0) is 12.7. The van der Waals surface area contributed by atoms with Crippen molar-refractivity contribution in [3.63, 3.8) is 0 Å². The van der Waals surface area contributed by atoms with Gasteiger partial charge in [-0.05, 0) is 44.7 Å². The van der Waals surface area contributed by atoms with E-state index in [1.807, 2.05) is 0 Å². The third-order valence-electron chi connectivity index (χ3n) is 3.08. The number of aryl methyl sites for hydroxylation is 1. The minimum Gasteiger partial charge on any atom is -0.301 e. The van der Waals surface area contributed by atoms with Crippen molar-refractivity contribution >= 4 is 0 Å². The van der Waals surface area contributed by atoms with Crippen LogP contribution in [0.4, 0.5) is 0 Å². The first-order valence-electron chi connectivity index (χ1n) is 6.87. The molecule has 0 fully saturated rings. The highest BCUT2D eigenvalue weighted by molar-refractivity contribution is 5.14. The van der Waals surface area contributed by atoms with E-state index >= 15 is 0 Å². The molecule has 1 aromatic rings. The number of rotatable bonds is 7. The highest BCUT2D eigenvalue weighted by atomic mass is 15.1. The number of hydrogen-bond acceptors (Lipinski definition) is 1. The van der Waals surface area contributed by atoms with Gasteiger partial charge in [-0.1, -0.05) is 44.2 Å². The predicted octanol–water partition coefficient (Wildman–Crippen LogP) is 3.99. The lowest BCUT2D eigenvalue weighted by molar-refractivity contribution is 0.195. The molecule has 0 heterocycles. The molecule has 0 aliphatic carbocycles. The second-order valence-corrected chi connectivity index (χ2v) is 5.57. The van der Waals surface area contributed by atoms with Gasteiger partial charge in [0.05, 0.1) is 0 Å². The smallest absolute Gasteiger partial charge is 0.00387 e. The van der Waals surface area contributed by atoms with Crippen LogP contribution < -0.4 is 0 Å². The van der Waals surface area contributed by atoms with Gasteiger partial charge in [0.25, 0.3) is 0 Å². The van der Waals surface area contributed by atoms with Gasteiger partial charge in [-0.15, -0.1) is 0 Å². The van der Waals surface area contributed by atoms with Gasteiger partial charge < -0.3 is 4.90 Å². The molecule has 0 aromatic heterocycles. The summed E-state index contributed by atoms with van der Waals surface area (Å²) < 4.78 is 0. The second kappa shape index (κ2) is 7.50. The largest absolute Gasteiger partial charge is 0.301 e. The average Bonchev–Trinajstić information content (AvgIpc) is 2.28. The lowest BCUT2D eigenvalue weighted by Crippen LogP contribution is -2.35. The van der Waals surface area contributed by atoms with Crippen LogP contribution in [0.2, 0.25) is 0 Å². The van der Waals surface area contributed by atoms with Crippen molar-refractivity contribution in [1.29, 1.82) is 0 Å². The Labute approximate surface area is 107 Å². The molecule has 96 valence electrons. The molecule has 1 nitrogen and oxygen atoms in total. The summed E-state index contributed by atoms with van der Waals surface area (Å²) in [5.41, 5.74) is 1.46. The Balaban J connectivity index is 2.32. The topological polar surface area (TPSA) is 3.24 Å². The SMILES string of the molecule is CC(C)CN(CCCc1ccccc1)C(C)C. The molecule has 0 radical (unpaired) electrons. The van der Waals surface area contributed by atoms with Crippen molar-refractivity contribution < 1.29 is 0 Å². The van der Waals surface area contributed by atoms with Gasteiger partial charge in [-0.3, -0.25) is 0 Å². The molecule has 1 aromatic carbocycles. The molecule has 1 heteroatoms. The lowest BCUT2D eigenvalue weighted by Gasteiger charge is -2.28. The number of hydrogen-bond donors (Lipinski definition) is 0. The van der Waals surface area contributed by atoms with E-state index in [-0.39, 0.29) is 0 Å². The van der Waals surface area contributed by atoms with Crippen molar-refractivity contribution in [2.24, 2.45) is 5.92 Å². The molecule has 0 N–H and O–H groups in total. The maximum atomic E-state index is 2.59. The van der Waals surface area contributed by atoms with Crippen molar-refractivity contribution in [2.45, 2.75) is 46.6 Å². The highest BCUT2D eigenvalue weighted by Gasteiger charge is 2.10. The number of nitrogens with zero attached hydrogens (tertiary/aromatic N) is 1. The fourth-order valence-corrected chi connectivity index (χ4v) is 2.16. The molecule has 17 heavy (non-hydrogen) atoms. The Bertz CT molecular complexity index is 290. The summed E-state index contributed by atoms with van der Waals surface area (Å²) in [6.07, 6.45) is 2.46. The molecule has 0 saturated heterocycles. The summed E-state index contributed by atoms with van der Waals surface area (Å²) in [7, 11) is 0. The maximum Gasteiger partial charge on any atom is 0.00387 e. The third kappa shape index (κ3) is 5.88. The van der Waals surface area contributed by atoms with E-state index < -0.39 is 0 Å². The van der Waals surface area contributed by atoms with E-state index in [9.17, 15) is 0 Å². The summed E-state index contributed by atoms with van der Waals surface area (Å²) in [4.78, 5) is 2.59. The molecular formula is C16H27N. The Hall–Kier alpha value is -0.820. The van der Waals surface area contributed by atoms with Crippen LogP contribution in [-0.4, -0.2) is 24.0 Å². The van der Waals surface area contributed by atoms with Gasteiger partial charge in [0, 0.05) is 12.6 Å². The first-order valence-corrected chi connectivity index (χ1v) is 6.87. The van der Waals surface area contributed by atoms with Crippen LogP contribution in [0.15, 0.2) is 30.3 Å². The van der Waals surface area contributed by atoms with Gasteiger partial charge >= 0.3 is 0 Å². The molecule has 0 unspecified atom stereocenters. The van der Waals surface area contributed by atoms with E-state index in [0.717, 1.165) is 5.92 Å². The second-order valence-electron chi connectivity index (χ2n) is 5.57. The van der Waals surface area contributed by atoms with E-state index in [1.165, 1.54) is 31.5 Å². The summed E-state index contributed by atoms with van der Waals surface area (Å²) in [6.45, 7) is 11.6. The van der Waals surface area contributed by atoms with Gasteiger partial charge in [0.1, 0.15) is 0 Å². The first kappa shape index (κ1) is 14.2. The van der Waals surface area contributed by atoms with Crippen LogP contribution in [0.25, 0.3) is 0 Å². The van der Waals surface area contributed by atoms with Gasteiger partial charge in [0.2, 0.25) is 0 Å². The minimum atomic E-state index is 0.660. The zero-order valence-corrected chi connectivity index (χ0v) is 11.8. The van der Waals surface area contributed by atoms with E-state index in [1.54, 1.807) is 0 Å². The molecule has 0 amide bonds. The fourth-order valence-electron chi connectivity index (χ4n) is 2.16. The molecule has 0 aliphatic rings. The molecular weight excluding hydrogens is 206 g/mol. The summed E-state index contributed by atoms with van der Waals surface area (Å²) in [5.74, 6) is 0.758. The van der Waals surface area contributed by atoms with Crippen molar-refractivity contribution in [1.82, 2.24) is 4.90 Å². The van der Waals surface area contributed by atoms with E-state index in [0.29, 0.717) is 6.04 Å². The summed E-state index contributed by atoms with van der Waals surface area (Å²) in [6, 6.07) is 11.5. The van der Waals surface area contributed by atoms with Crippen LogP contribution in [0.3, 0.4) is 0 Å². The standard InChI is InChI=1S/C16H27N/c1-14(2)13-17(15(3)4)12-8-11-16-9-6-5-7-10-16/h5-7,9-10,14-15H,8,11-13H2,1-4H3. The van der Waals surface area contributed by atoms with Crippen LogP contribution in [-0.2, 0) is 6.42 Å². The van der Waals surface area contributed by atoms with E-state index in [4.69, 9.17) is 0 Å². The normalized spacial score (nSPS) is 11.7. The van der Waals surface area contributed by atoms with Crippen LogP contribution in [0.5, 0.6) is 0 Å². The molecule has 1 rings (SSSR count). The Morgan fingerprint density at radius 1 is 1.00 bits per heavy atom. The van der Waals surface area contributed by atoms with Crippen molar-refractivity contribution in [3.8, 4) is 0 Å². The van der Waals surface area contributed by atoms with Crippen LogP contribution in [0.1, 0.15) is 39.7 Å². The Kier molecular flexibility index (Phi) is 6.28. The Morgan fingerprint density at radius 3 is 2.18 bits per heavy atom. The molecule has 0 atom stereocenters. The first-order chi connectivity index (χ1) is 8.09. The zero-order valence-electron chi connectivity index (χ0n) is 11.8. The van der Waals surface area contributed by atoms with Gasteiger partial charge in [0.15, 0.2) is 0 Å². The maximum absolute atomic E-state index is 2.59. The highest BCUT2D eigenvalue weighted by Crippen LogP contribution is 2.08. The summed E-state index contributed by atoms with van der Waals surface area (Å²) in [5, 5.41) is 0. The Morgan fingerprint density at radius 2 is 1.65 bits per heavy atom.